The number of ether oxygens (including phenoxy) is 1. The minimum absolute atomic E-state index is 0.00976. The summed E-state index contributed by atoms with van der Waals surface area (Å²) in [4.78, 5) is 24.1. The lowest BCUT2D eigenvalue weighted by Crippen LogP contribution is -2.35. The van der Waals surface area contributed by atoms with Crippen LogP contribution in [0.15, 0.2) is 53.0 Å². The number of anilines is 1. The Morgan fingerprint density at radius 2 is 1.88 bits per heavy atom. The van der Waals surface area contributed by atoms with Crippen LogP contribution >= 0.6 is 15.9 Å². The minimum Gasteiger partial charge on any atom is -0.468 e. The van der Waals surface area contributed by atoms with Gasteiger partial charge in [0.1, 0.15) is 6.04 Å². The number of rotatable bonds is 6. The highest BCUT2D eigenvalue weighted by Crippen LogP contribution is 2.20. The second kappa shape index (κ2) is 8.61. The smallest absolute Gasteiger partial charge is 0.327 e. The van der Waals surface area contributed by atoms with Crippen molar-refractivity contribution in [2.75, 3.05) is 19.0 Å². The normalized spacial score (nSPS) is 11.6. The molecule has 126 valence electrons. The van der Waals surface area contributed by atoms with Crippen molar-refractivity contribution in [3.63, 3.8) is 0 Å². The molecule has 2 aromatic carbocycles. The van der Waals surface area contributed by atoms with Crippen molar-refractivity contribution in [3.8, 4) is 0 Å². The molecule has 5 nitrogen and oxygen atoms in total. The number of hydrogen-bond acceptors (Lipinski definition) is 4. The first-order valence-corrected chi connectivity index (χ1v) is 8.22. The molecule has 2 aromatic rings. The zero-order valence-corrected chi connectivity index (χ0v) is 15.1. The van der Waals surface area contributed by atoms with Crippen LogP contribution in [0.4, 0.5) is 5.69 Å². The highest BCUT2D eigenvalue weighted by molar-refractivity contribution is 9.10. The molecular formula is C18H19BrN2O3. The fourth-order valence-electron chi connectivity index (χ4n) is 2.26. The van der Waals surface area contributed by atoms with Gasteiger partial charge in [0.05, 0.1) is 13.7 Å². The molecule has 0 aliphatic heterocycles. The van der Waals surface area contributed by atoms with Crippen LogP contribution in [0.2, 0.25) is 0 Å². The number of carbonyl (C=O) groups is 2. The lowest BCUT2D eigenvalue weighted by Gasteiger charge is -2.17. The molecule has 1 amide bonds. The first-order chi connectivity index (χ1) is 11.5. The van der Waals surface area contributed by atoms with Crippen LogP contribution in [0.3, 0.4) is 0 Å². The zero-order valence-electron chi connectivity index (χ0n) is 13.5. The molecule has 0 aliphatic rings. The van der Waals surface area contributed by atoms with Gasteiger partial charge in [0.15, 0.2) is 0 Å². The van der Waals surface area contributed by atoms with E-state index >= 15 is 0 Å². The third kappa shape index (κ3) is 4.91. The van der Waals surface area contributed by atoms with Crippen molar-refractivity contribution in [2.45, 2.75) is 13.0 Å². The van der Waals surface area contributed by atoms with Crippen LogP contribution in [0.25, 0.3) is 0 Å². The first-order valence-electron chi connectivity index (χ1n) is 7.43. The van der Waals surface area contributed by atoms with E-state index in [0.717, 1.165) is 21.3 Å². The maximum absolute atomic E-state index is 12.2. The average Bonchev–Trinajstić information content (AvgIpc) is 2.58. The monoisotopic (exact) mass is 390 g/mol. The van der Waals surface area contributed by atoms with Crippen molar-refractivity contribution < 1.29 is 14.3 Å². The Balaban J connectivity index is 2.01. The number of aryl methyl sites for hydroxylation is 1. The van der Waals surface area contributed by atoms with Gasteiger partial charge in [-0.1, -0.05) is 46.3 Å². The van der Waals surface area contributed by atoms with E-state index in [4.69, 9.17) is 4.74 Å². The summed E-state index contributed by atoms with van der Waals surface area (Å²) in [6.45, 7) is 1.90. The number of amides is 1. The lowest BCUT2D eigenvalue weighted by molar-refractivity contribution is -0.143. The number of benzene rings is 2. The van der Waals surface area contributed by atoms with E-state index in [9.17, 15) is 9.59 Å². The SMILES string of the molecule is COC(=O)[C@H](NCC(=O)Nc1ccc(Br)cc1C)c1ccccc1. The van der Waals surface area contributed by atoms with Gasteiger partial charge >= 0.3 is 5.97 Å². The molecule has 0 saturated carbocycles. The predicted molar refractivity (Wildman–Crippen MR) is 96.7 cm³/mol. The summed E-state index contributed by atoms with van der Waals surface area (Å²) >= 11 is 3.39. The van der Waals surface area contributed by atoms with Gasteiger partial charge in [-0.05, 0) is 36.2 Å². The van der Waals surface area contributed by atoms with E-state index in [1.165, 1.54) is 7.11 Å². The van der Waals surface area contributed by atoms with Gasteiger partial charge < -0.3 is 10.1 Å². The summed E-state index contributed by atoms with van der Waals surface area (Å²) in [5, 5.41) is 5.77. The van der Waals surface area contributed by atoms with Gasteiger partial charge in [0.25, 0.3) is 0 Å². The Kier molecular flexibility index (Phi) is 6.52. The summed E-state index contributed by atoms with van der Waals surface area (Å²) in [7, 11) is 1.32. The van der Waals surface area contributed by atoms with Gasteiger partial charge in [-0.25, -0.2) is 4.79 Å². The number of hydrogen-bond donors (Lipinski definition) is 2. The minimum atomic E-state index is -0.687. The molecule has 0 unspecified atom stereocenters. The molecule has 24 heavy (non-hydrogen) atoms. The summed E-state index contributed by atoms with van der Waals surface area (Å²) in [6, 6.07) is 14.1. The topological polar surface area (TPSA) is 67.4 Å². The molecule has 0 saturated heterocycles. The van der Waals surface area contributed by atoms with Crippen LogP contribution in [-0.2, 0) is 14.3 Å². The van der Waals surface area contributed by atoms with E-state index in [2.05, 4.69) is 26.6 Å². The molecule has 0 aromatic heterocycles. The largest absolute Gasteiger partial charge is 0.468 e. The van der Waals surface area contributed by atoms with Crippen molar-refractivity contribution in [1.82, 2.24) is 5.32 Å². The fraction of sp³-hybridized carbons (Fsp3) is 0.222. The number of halogens is 1. The average molecular weight is 391 g/mol. The number of esters is 1. The fourth-order valence-corrected chi connectivity index (χ4v) is 2.73. The van der Waals surface area contributed by atoms with Gasteiger partial charge in [-0.3, -0.25) is 10.1 Å². The quantitative estimate of drug-likeness (QED) is 0.743. The molecule has 0 heterocycles. The van der Waals surface area contributed by atoms with Crippen LogP contribution in [-0.4, -0.2) is 25.5 Å². The molecule has 0 fully saturated rings. The van der Waals surface area contributed by atoms with Crippen LogP contribution < -0.4 is 10.6 Å². The number of carbonyl (C=O) groups excluding carboxylic acids is 2. The van der Waals surface area contributed by atoms with E-state index in [0.29, 0.717) is 0 Å². The van der Waals surface area contributed by atoms with Crippen molar-refractivity contribution in [2.24, 2.45) is 0 Å². The Hall–Kier alpha value is -2.18. The summed E-state index contributed by atoms with van der Waals surface area (Å²) in [5.74, 6) is -0.668. The van der Waals surface area contributed by atoms with Gasteiger partial charge in [-0.2, -0.15) is 0 Å². The maximum Gasteiger partial charge on any atom is 0.327 e. The number of nitrogens with one attached hydrogen (secondary N) is 2. The van der Waals surface area contributed by atoms with Crippen LogP contribution in [0.5, 0.6) is 0 Å². The molecule has 6 heteroatoms. The molecule has 2 rings (SSSR count). The summed E-state index contributed by atoms with van der Waals surface area (Å²) in [6.07, 6.45) is 0. The zero-order chi connectivity index (χ0) is 17.5. The molecule has 2 N–H and O–H groups in total. The van der Waals surface area contributed by atoms with Gasteiger partial charge in [-0.15, -0.1) is 0 Å². The number of methoxy groups -OCH3 is 1. The summed E-state index contributed by atoms with van der Waals surface area (Å²) < 4.78 is 5.76. The standard InChI is InChI=1S/C18H19BrN2O3/c1-12-10-14(19)8-9-15(12)21-16(22)11-20-17(18(23)24-2)13-6-4-3-5-7-13/h3-10,17,20H,11H2,1-2H3,(H,21,22)/t17-/m1/s1. The third-order valence-corrected chi connectivity index (χ3v) is 3.99. The molecule has 0 spiro atoms. The van der Waals surface area contributed by atoms with E-state index in [1.807, 2.05) is 55.5 Å². The Bertz CT molecular complexity index is 719. The lowest BCUT2D eigenvalue weighted by atomic mass is 10.1. The Morgan fingerprint density at radius 3 is 2.50 bits per heavy atom. The first kappa shape index (κ1) is 18.2. The molecule has 0 radical (unpaired) electrons. The summed E-state index contributed by atoms with van der Waals surface area (Å²) in [5.41, 5.74) is 2.43. The van der Waals surface area contributed by atoms with Gasteiger partial charge in [0, 0.05) is 10.2 Å². The highest BCUT2D eigenvalue weighted by atomic mass is 79.9. The van der Waals surface area contributed by atoms with Crippen molar-refractivity contribution in [3.05, 3.63) is 64.1 Å². The van der Waals surface area contributed by atoms with Crippen molar-refractivity contribution >= 4 is 33.5 Å². The third-order valence-electron chi connectivity index (χ3n) is 3.50. The molecular weight excluding hydrogens is 372 g/mol. The van der Waals surface area contributed by atoms with E-state index < -0.39 is 12.0 Å². The van der Waals surface area contributed by atoms with E-state index in [1.54, 1.807) is 0 Å². The van der Waals surface area contributed by atoms with Crippen LogP contribution in [0, 0.1) is 6.92 Å². The van der Waals surface area contributed by atoms with E-state index in [-0.39, 0.29) is 12.5 Å². The molecule has 0 aliphatic carbocycles. The Labute approximate surface area is 149 Å². The van der Waals surface area contributed by atoms with Crippen molar-refractivity contribution in [1.29, 1.82) is 0 Å². The van der Waals surface area contributed by atoms with Crippen LogP contribution in [0.1, 0.15) is 17.2 Å². The Morgan fingerprint density at radius 1 is 1.17 bits per heavy atom. The second-order valence-corrected chi connectivity index (χ2v) is 6.17. The second-order valence-electron chi connectivity index (χ2n) is 5.26. The van der Waals surface area contributed by atoms with Gasteiger partial charge in [0.2, 0.25) is 5.91 Å². The molecule has 1 atom stereocenters. The maximum atomic E-state index is 12.2. The predicted octanol–water partition coefficient (Wildman–Crippen LogP) is 3.20. The molecule has 0 bridgehead atoms. The highest BCUT2D eigenvalue weighted by Gasteiger charge is 2.21.